The first-order valence-electron chi connectivity index (χ1n) is 6.04. The third-order valence-electron chi connectivity index (χ3n) is 2.65. The second kappa shape index (κ2) is 5.56. The Morgan fingerprint density at radius 1 is 1.32 bits per heavy atom. The summed E-state index contributed by atoms with van der Waals surface area (Å²) in [6.45, 7) is 4.08. The summed E-state index contributed by atoms with van der Waals surface area (Å²) >= 11 is 0. The van der Waals surface area contributed by atoms with Crippen molar-refractivity contribution < 1.29 is 14.3 Å². The highest BCUT2D eigenvalue weighted by Gasteiger charge is 2.16. The topological polar surface area (TPSA) is 53.4 Å². The number of ether oxygens (including phenoxy) is 2. The molecule has 2 aromatic rings. The van der Waals surface area contributed by atoms with Crippen molar-refractivity contribution in [2.75, 3.05) is 13.7 Å². The van der Waals surface area contributed by atoms with E-state index in [0.29, 0.717) is 12.5 Å². The summed E-state index contributed by atoms with van der Waals surface area (Å²) in [6.07, 6.45) is 0. The van der Waals surface area contributed by atoms with Gasteiger partial charge in [0, 0.05) is 6.07 Å². The minimum absolute atomic E-state index is 0.235. The molecule has 1 aromatic heterocycles. The molecule has 0 saturated heterocycles. The van der Waals surface area contributed by atoms with Crippen LogP contribution < -0.4 is 4.74 Å². The van der Waals surface area contributed by atoms with E-state index in [-0.39, 0.29) is 5.69 Å². The van der Waals surface area contributed by atoms with Gasteiger partial charge < -0.3 is 9.47 Å². The molecule has 0 spiro atoms. The van der Waals surface area contributed by atoms with Crippen LogP contribution in [0.25, 0.3) is 5.69 Å². The molecule has 2 rings (SSSR count). The van der Waals surface area contributed by atoms with Gasteiger partial charge in [0.05, 0.1) is 19.4 Å². The van der Waals surface area contributed by atoms with E-state index in [1.807, 2.05) is 31.2 Å². The number of carbonyl (C=O) groups excluding carboxylic acids is 1. The van der Waals surface area contributed by atoms with Gasteiger partial charge in [0.2, 0.25) is 5.88 Å². The van der Waals surface area contributed by atoms with Gasteiger partial charge in [0.15, 0.2) is 5.69 Å². The van der Waals surface area contributed by atoms with E-state index in [9.17, 15) is 4.79 Å². The summed E-state index contributed by atoms with van der Waals surface area (Å²) < 4.78 is 11.7. The van der Waals surface area contributed by atoms with Crippen LogP contribution in [0.15, 0.2) is 30.3 Å². The first kappa shape index (κ1) is 13.1. The minimum Gasteiger partial charge on any atom is -0.481 e. The Hall–Kier alpha value is -2.30. The second-order valence-electron chi connectivity index (χ2n) is 4.04. The van der Waals surface area contributed by atoms with Gasteiger partial charge in [-0.3, -0.25) is 0 Å². The molecule has 0 atom stereocenters. The lowest BCUT2D eigenvalue weighted by Crippen LogP contribution is -2.06. The van der Waals surface area contributed by atoms with Crippen molar-refractivity contribution in [1.82, 2.24) is 9.78 Å². The fraction of sp³-hybridized carbons (Fsp3) is 0.286. The summed E-state index contributed by atoms with van der Waals surface area (Å²) in [5.74, 6) is 0.0403. The van der Waals surface area contributed by atoms with Crippen molar-refractivity contribution in [2.45, 2.75) is 13.8 Å². The lowest BCUT2D eigenvalue weighted by Gasteiger charge is -2.05. The van der Waals surface area contributed by atoms with Crippen LogP contribution in [0.4, 0.5) is 0 Å². The van der Waals surface area contributed by atoms with Gasteiger partial charge in [-0.1, -0.05) is 17.7 Å². The third-order valence-corrected chi connectivity index (χ3v) is 2.65. The molecular formula is C14H16N2O3. The van der Waals surface area contributed by atoms with E-state index in [2.05, 4.69) is 5.10 Å². The molecule has 0 radical (unpaired) electrons. The van der Waals surface area contributed by atoms with E-state index < -0.39 is 5.97 Å². The van der Waals surface area contributed by atoms with Crippen LogP contribution in [0.3, 0.4) is 0 Å². The summed E-state index contributed by atoms with van der Waals surface area (Å²) in [5, 5.41) is 4.22. The predicted octanol–water partition coefficient (Wildman–Crippen LogP) is 2.37. The van der Waals surface area contributed by atoms with Crippen LogP contribution in [0.1, 0.15) is 23.0 Å². The van der Waals surface area contributed by atoms with Crippen molar-refractivity contribution in [3.63, 3.8) is 0 Å². The van der Waals surface area contributed by atoms with Crippen molar-refractivity contribution in [2.24, 2.45) is 0 Å². The number of hydrogen-bond acceptors (Lipinski definition) is 4. The van der Waals surface area contributed by atoms with Crippen LogP contribution >= 0.6 is 0 Å². The predicted molar refractivity (Wildman–Crippen MR) is 70.8 cm³/mol. The Bertz CT molecular complexity index is 573. The highest BCUT2D eigenvalue weighted by atomic mass is 16.5. The average molecular weight is 260 g/mol. The summed E-state index contributed by atoms with van der Waals surface area (Å²) in [5.41, 5.74) is 2.22. The van der Waals surface area contributed by atoms with E-state index in [0.717, 1.165) is 11.3 Å². The number of esters is 1. The first-order chi connectivity index (χ1) is 9.15. The molecule has 5 nitrogen and oxygen atoms in total. The second-order valence-corrected chi connectivity index (χ2v) is 4.04. The zero-order chi connectivity index (χ0) is 13.8. The molecule has 0 fully saturated rings. The van der Waals surface area contributed by atoms with Crippen molar-refractivity contribution in [1.29, 1.82) is 0 Å². The maximum Gasteiger partial charge on any atom is 0.358 e. The standard InChI is InChI=1S/C14H16N2O3/c1-4-19-14(17)12-9-13(18-3)16(15-12)11-7-5-10(2)6-8-11/h5-9H,4H2,1-3H3. The van der Waals surface area contributed by atoms with E-state index in [4.69, 9.17) is 9.47 Å². The molecular weight excluding hydrogens is 244 g/mol. The maximum absolute atomic E-state index is 11.7. The molecule has 0 unspecified atom stereocenters. The van der Waals surface area contributed by atoms with Crippen molar-refractivity contribution >= 4 is 5.97 Å². The molecule has 0 bridgehead atoms. The molecule has 0 saturated carbocycles. The number of methoxy groups -OCH3 is 1. The normalized spacial score (nSPS) is 10.3. The lowest BCUT2D eigenvalue weighted by atomic mass is 10.2. The van der Waals surface area contributed by atoms with Crippen LogP contribution in [0.2, 0.25) is 0 Å². The van der Waals surface area contributed by atoms with Crippen molar-refractivity contribution in [3.05, 3.63) is 41.6 Å². The Morgan fingerprint density at radius 3 is 2.58 bits per heavy atom. The minimum atomic E-state index is -0.452. The molecule has 1 aromatic carbocycles. The monoisotopic (exact) mass is 260 g/mol. The molecule has 0 aliphatic carbocycles. The number of aromatic nitrogens is 2. The smallest absolute Gasteiger partial charge is 0.358 e. The van der Waals surface area contributed by atoms with Gasteiger partial charge in [0.25, 0.3) is 0 Å². The fourth-order valence-corrected chi connectivity index (χ4v) is 1.69. The van der Waals surface area contributed by atoms with Gasteiger partial charge in [-0.2, -0.15) is 5.10 Å². The van der Waals surface area contributed by atoms with Crippen LogP contribution in [0, 0.1) is 6.92 Å². The highest BCUT2D eigenvalue weighted by molar-refractivity contribution is 5.87. The Balaban J connectivity index is 2.39. The molecule has 0 amide bonds. The van der Waals surface area contributed by atoms with Crippen molar-refractivity contribution in [3.8, 4) is 11.6 Å². The number of carbonyl (C=O) groups is 1. The van der Waals surface area contributed by atoms with Gasteiger partial charge in [-0.25, -0.2) is 9.48 Å². The van der Waals surface area contributed by atoms with E-state index >= 15 is 0 Å². The van der Waals surface area contributed by atoms with E-state index in [1.165, 1.54) is 7.11 Å². The molecule has 1 heterocycles. The first-order valence-corrected chi connectivity index (χ1v) is 6.04. The zero-order valence-electron chi connectivity index (χ0n) is 11.2. The van der Waals surface area contributed by atoms with Crippen LogP contribution in [0.5, 0.6) is 5.88 Å². The summed E-state index contributed by atoms with van der Waals surface area (Å²) in [4.78, 5) is 11.7. The highest BCUT2D eigenvalue weighted by Crippen LogP contribution is 2.20. The molecule has 0 aliphatic rings. The van der Waals surface area contributed by atoms with E-state index in [1.54, 1.807) is 17.7 Å². The zero-order valence-corrected chi connectivity index (χ0v) is 11.2. The van der Waals surface area contributed by atoms with Crippen LogP contribution in [-0.2, 0) is 4.74 Å². The fourth-order valence-electron chi connectivity index (χ4n) is 1.69. The summed E-state index contributed by atoms with van der Waals surface area (Å²) in [7, 11) is 1.54. The Labute approximate surface area is 111 Å². The summed E-state index contributed by atoms with van der Waals surface area (Å²) in [6, 6.07) is 9.35. The number of hydrogen-bond donors (Lipinski definition) is 0. The number of rotatable bonds is 4. The number of aryl methyl sites for hydroxylation is 1. The number of benzene rings is 1. The third kappa shape index (κ3) is 2.76. The Kier molecular flexibility index (Phi) is 3.85. The van der Waals surface area contributed by atoms with Gasteiger partial charge in [0.1, 0.15) is 0 Å². The maximum atomic E-state index is 11.7. The van der Waals surface area contributed by atoms with Gasteiger partial charge >= 0.3 is 5.97 Å². The SMILES string of the molecule is CCOC(=O)c1cc(OC)n(-c2ccc(C)cc2)n1. The average Bonchev–Trinajstić information content (AvgIpc) is 2.84. The van der Waals surface area contributed by atoms with Gasteiger partial charge in [-0.15, -0.1) is 0 Å². The van der Waals surface area contributed by atoms with Gasteiger partial charge in [-0.05, 0) is 26.0 Å². The largest absolute Gasteiger partial charge is 0.481 e. The lowest BCUT2D eigenvalue weighted by molar-refractivity contribution is 0.0519. The molecule has 19 heavy (non-hydrogen) atoms. The van der Waals surface area contributed by atoms with Crippen LogP contribution in [-0.4, -0.2) is 29.5 Å². The molecule has 5 heteroatoms. The molecule has 0 N–H and O–H groups in total. The quantitative estimate of drug-likeness (QED) is 0.792. The molecule has 100 valence electrons. The molecule has 0 aliphatic heterocycles. The Morgan fingerprint density at radius 2 is 2.00 bits per heavy atom. The number of nitrogens with zero attached hydrogens (tertiary/aromatic N) is 2.